The van der Waals surface area contributed by atoms with Crippen LogP contribution >= 0.6 is 6.04 Å². The summed E-state index contributed by atoms with van der Waals surface area (Å²) < 4.78 is 0. The van der Waals surface area contributed by atoms with E-state index in [4.69, 9.17) is 11.8 Å². The minimum absolute atomic E-state index is 0.104. The number of carbonyl (C=O) groups excluding carboxylic acids is 1. The van der Waals surface area contributed by atoms with Gasteiger partial charge in [-0.2, -0.15) is 0 Å². The van der Waals surface area contributed by atoms with Crippen molar-refractivity contribution in [1.29, 1.82) is 0 Å². The van der Waals surface area contributed by atoms with E-state index in [1.807, 2.05) is 18.2 Å². The Morgan fingerprint density at radius 1 is 0.654 bits per heavy atom. The molecule has 0 aliphatic carbocycles. The number of carbonyl (C=O) groups is 1. The Kier molecular flexibility index (Phi) is 4.89. The highest BCUT2D eigenvalue weighted by Gasteiger charge is 2.44. The molecule has 0 aromatic heterocycles. The molecule has 1 saturated heterocycles. The molecule has 3 aromatic carbocycles. The maximum absolute atomic E-state index is 12.7. The predicted octanol–water partition coefficient (Wildman–Crippen LogP) is 5.64. The molecule has 0 amide bonds. The van der Waals surface area contributed by atoms with Crippen molar-refractivity contribution in [3.05, 3.63) is 102 Å². The van der Waals surface area contributed by atoms with Crippen molar-refractivity contribution < 1.29 is 4.79 Å². The van der Waals surface area contributed by atoms with Crippen molar-refractivity contribution in [1.82, 2.24) is 0 Å². The van der Waals surface area contributed by atoms with Crippen LogP contribution in [0.3, 0.4) is 0 Å². The molecule has 26 heavy (non-hydrogen) atoms. The van der Waals surface area contributed by atoms with Gasteiger partial charge in [-0.15, -0.1) is 0 Å². The summed E-state index contributed by atoms with van der Waals surface area (Å²) in [5.74, 6) is 0.323. The fourth-order valence-corrected chi connectivity index (χ4v) is 9.57. The average molecular weight is 376 g/mol. The van der Waals surface area contributed by atoms with Gasteiger partial charge in [-0.1, -0.05) is 103 Å². The van der Waals surface area contributed by atoms with Crippen molar-refractivity contribution >= 4 is 28.9 Å². The van der Waals surface area contributed by atoms with Gasteiger partial charge in [0.25, 0.3) is 0 Å². The summed E-state index contributed by atoms with van der Waals surface area (Å²) in [4.78, 5) is 12.7. The van der Waals surface area contributed by atoms with Gasteiger partial charge in [0.1, 0.15) is 5.78 Å². The van der Waals surface area contributed by atoms with Crippen molar-refractivity contribution in [3.63, 3.8) is 0 Å². The number of rotatable bonds is 3. The van der Waals surface area contributed by atoms with Gasteiger partial charge in [-0.3, -0.25) is 4.79 Å². The first-order chi connectivity index (χ1) is 12.7. The Bertz CT molecular complexity index is 882. The zero-order chi connectivity index (χ0) is 18.0. The van der Waals surface area contributed by atoms with E-state index in [-0.39, 0.29) is 11.3 Å². The number of Topliss-reactive ketones (excluding diaryl/α,β-unsaturated/α-hetero) is 1. The van der Waals surface area contributed by atoms with Gasteiger partial charge < -0.3 is 0 Å². The summed E-state index contributed by atoms with van der Waals surface area (Å²) in [6.07, 6.45) is 1.11. The highest BCUT2D eigenvalue weighted by molar-refractivity contribution is 8.18. The molecule has 1 nitrogen and oxygen atoms in total. The molecule has 0 saturated carbocycles. The van der Waals surface area contributed by atoms with Crippen LogP contribution in [-0.4, -0.2) is 5.78 Å². The second kappa shape index (κ2) is 7.31. The van der Waals surface area contributed by atoms with Gasteiger partial charge in [0, 0.05) is 24.2 Å². The standard InChI is InChI=1S/C23H21OPS/c24-20-16-22(18-10-4-1-5-11-18)25(26,21-14-8-3-9-15-21)23(17-20)19-12-6-2-7-13-19/h1-15,22-23H,16-17H2. The van der Waals surface area contributed by atoms with Crippen LogP contribution in [0.1, 0.15) is 35.3 Å². The molecule has 0 bridgehead atoms. The second-order valence-electron chi connectivity index (χ2n) is 6.84. The SMILES string of the molecule is O=C1CC(c2ccccc2)P(=S)(c2ccccc2)C(c2ccccc2)C1. The Morgan fingerprint density at radius 3 is 1.46 bits per heavy atom. The summed E-state index contributed by atoms with van der Waals surface area (Å²) in [7, 11) is 0. The van der Waals surface area contributed by atoms with Crippen LogP contribution < -0.4 is 5.30 Å². The topological polar surface area (TPSA) is 17.1 Å². The van der Waals surface area contributed by atoms with Gasteiger partial charge in [0.15, 0.2) is 0 Å². The van der Waals surface area contributed by atoms with Crippen molar-refractivity contribution in [2.75, 3.05) is 0 Å². The van der Waals surface area contributed by atoms with Crippen LogP contribution in [0.5, 0.6) is 0 Å². The number of benzene rings is 3. The maximum atomic E-state index is 12.7. The lowest BCUT2D eigenvalue weighted by Crippen LogP contribution is -2.26. The van der Waals surface area contributed by atoms with E-state index in [2.05, 4.69) is 72.8 Å². The number of hydrogen-bond donors (Lipinski definition) is 0. The average Bonchev–Trinajstić information content (AvgIpc) is 2.71. The summed E-state index contributed by atoms with van der Waals surface area (Å²) in [6.45, 7) is 0. The molecule has 3 aromatic rings. The minimum atomic E-state index is -2.05. The molecule has 0 spiro atoms. The van der Waals surface area contributed by atoms with E-state index in [0.29, 0.717) is 18.6 Å². The molecule has 0 N–H and O–H groups in total. The lowest BCUT2D eigenvalue weighted by Gasteiger charge is -2.42. The Labute approximate surface area is 160 Å². The van der Waals surface area contributed by atoms with Crippen LogP contribution in [-0.2, 0) is 16.6 Å². The van der Waals surface area contributed by atoms with Crippen LogP contribution in [0.25, 0.3) is 0 Å². The zero-order valence-corrected chi connectivity index (χ0v) is 16.2. The molecular formula is C23H21OPS. The lowest BCUT2D eigenvalue weighted by molar-refractivity contribution is -0.119. The van der Waals surface area contributed by atoms with Gasteiger partial charge >= 0.3 is 0 Å². The van der Waals surface area contributed by atoms with Crippen molar-refractivity contribution in [3.8, 4) is 0 Å². The van der Waals surface area contributed by atoms with E-state index in [1.54, 1.807) is 0 Å². The minimum Gasteiger partial charge on any atom is -0.300 e. The molecule has 3 heteroatoms. The maximum Gasteiger partial charge on any atom is 0.134 e. The van der Waals surface area contributed by atoms with Gasteiger partial charge in [0.05, 0.1) is 0 Å². The molecule has 1 fully saturated rings. The first kappa shape index (κ1) is 17.4. The second-order valence-corrected chi connectivity index (χ2v) is 11.8. The summed E-state index contributed by atoms with van der Waals surface area (Å²) in [5.41, 5.74) is 2.61. The fourth-order valence-electron chi connectivity index (χ4n) is 4.05. The monoisotopic (exact) mass is 376 g/mol. The third kappa shape index (κ3) is 3.09. The molecule has 4 rings (SSSR count). The van der Waals surface area contributed by atoms with Gasteiger partial charge in [-0.25, -0.2) is 0 Å². The normalized spacial score (nSPS) is 25.8. The number of hydrogen-bond acceptors (Lipinski definition) is 2. The largest absolute Gasteiger partial charge is 0.300 e. The van der Waals surface area contributed by atoms with Crippen LogP contribution in [0.15, 0.2) is 91.0 Å². The van der Waals surface area contributed by atoms with E-state index in [1.165, 1.54) is 16.4 Å². The zero-order valence-electron chi connectivity index (χ0n) is 14.5. The predicted molar refractivity (Wildman–Crippen MR) is 113 cm³/mol. The van der Waals surface area contributed by atoms with E-state index in [0.717, 1.165) is 0 Å². The highest BCUT2D eigenvalue weighted by Crippen LogP contribution is 2.72. The van der Waals surface area contributed by atoms with E-state index >= 15 is 0 Å². The Balaban J connectivity index is 1.93. The molecule has 130 valence electrons. The first-order valence-corrected chi connectivity index (χ1v) is 11.9. The molecule has 2 unspecified atom stereocenters. The Hall–Kier alpha value is -2.02. The van der Waals surface area contributed by atoms with Crippen molar-refractivity contribution in [2.24, 2.45) is 0 Å². The quantitative estimate of drug-likeness (QED) is 0.551. The molecule has 0 radical (unpaired) electrons. The summed E-state index contributed by atoms with van der Waals surface area (Å²) in [5, 5.41) is 1.24. The third-order valence-corrected chi connectivity index (χ3v) is 11.4. The van der Waals surface area contributed by atoms with Crippen molar-refractivity contribution in [2.45, 2.75) is 24.2 Å². The van der Waals surface area contributed by atoms with E-state index in [9.17, 15) is 4.79 Å². The fraction of sp³-hybridized carbons (Fsp3) is 0.174. The van der Waals surface area contributed by atoms with Gasteiger partial charge in [0.2, 0.25) is 0 Å². The summed E-state index contributed by atoms with van der Waals surface area (Å²) in [6, 6.07) is 29.3. The smallest absolute Gasteiger partial charge is 0.134 e. The van der Waals surface area contributed by atoms with Crippen LogP contribution in [0, 0.1) is 0 Å². The Morgan fingerprint density at radius 2 is 1.04 bits per heavy atom. The third-order valence-electron chi connectivity index (χ3n) is 5.30. The number of ketones is 1. The first-order valence-electron chi connectivity index (χ1n) is 8.96. The van der Waals surface area contributed by atoms with Gasteiger partial charge in [-0.05, 0) is 22.5 Å². The van der Waals surface area contributed by atoms with Crippen LogP contribution in [0.2, 0.25) is 0 Å². The summed E-state index contributed by atoms with van der Waals surface area (Å²) >= 11 is 6.54. The lowest BCUT2D eigenvalue weighted by atomic mass is 10.0. The molecule has 1 aliphatic rings. The van der Waals surface area contributed by atoms with E-state index < -0.39 is 6.04 Å². The molecule has 2 atom stereocenters. The van der Waals surface area contributed by atoms with Crippen LogP contribution in [0.4, 0.5) is 0 Å². The highest BCUT2D eigenvalue weighted by atomic mass is 32.4. The molecule has 1 aliphatic heterocycles. The molecule has 1 heterocycles. The molecular weight excluding hydrogens is 355 g/mol.